The Hall–Kier alpha value is -1.30. The number of carbonyl (C=O) groups excluding carboxylic acids is 1. The van der Waals surface area contributed by atoms with E-state index in [1.807, 2.05) is 5.48 Å². The summed E-state index contributed by atoms with van der Waals surface area (Å²) in [6, 6.07) is -0.308. The highest BCUT2D eigenvalue weighted by Crippen LogP contribution is 2.10. The third-order valence-electron chi connectivity index (χ3n) is 2.32. The molecule has 0 saturated carbocycles. The summed E-state index contributed by atoms with van der Waals surface area (Å²) in [6.45, 7) is 6.08. The first kappa shape index (κ1) is 13.8. The largest absolute Gasteiger partial charge is 0.444 e. The molecule has 0 aromatic heterocycles. The van der Waals surface area contributed by atoms with Crippen molar-refractivity contribution in [1.82, 2.24) is 10.8 Å². The molecule has 0 saturated heterocycles. The minimum atomic E-state index is -0.529. The molecule has 0 radical (unpaired) electrons. The van der Waals surface area contributed by atoms with Crippen molar-refractivity contribution in [1.29, 1.82) is 0 Å². The molecule has 6 heteroatoms. The normalized spacial score (nSPS) is 21.2. The molecule has 98 valence electrons. The van der Waals surface area contributed by atoms with E-state index in [4.69, 9.17) is 9.94 Å². The van der Waals surface area contributed by atoms with Gasteiger partial charge in [-0.05, 0) is 40.0 Å². The summed E-state index contributed by atoms with van der Waals surface area (Å²) in [5.41, 5.74) is 1.51. The molecule has 17 heavy (non-hydrogen) atoms. The third-order valence-corrected chi connectivity index (χ3v) is 2.32. The fourth-order valence-electron chi connectivity index (χ4n) is 1.61. The molecule has 1 aliphatic heterocycles. The predicted octanol–water partition coefficient (Wildman–Crippen LogP) is 1.44. The Labute approximate surface area is 101 Å². The van der Waals surface area contributed by atoms with Crippen LogP contribution in [0.2, 0.25) is 0 Å². The summed E-state index contributed by atoms with van der Waals surface area (Å²) < 4.78 is 5.16. The number of rotatable bonds is 1. The molecule has 6 nitrogen and oxygen atoms in total. The van der Waals surface area contributed by atoms with Crippen LogP contribution in [0.4, 0.5) is 4.79 Å². The summed E-state index contributed by atoms with van der Waals surface area (Å²) in [7, 11) is 0. The lowest BCUT2D eigenvalue weighted by Gasteiger charge is -2.23. The molecule has 0 bridgehead atoms. The Morgan fingerprint density at radius 2 is 2.18 bits per heavy atom. The van der Waals surface area contributed by atoms with Gasteiger partial charge in [0, 0.05) is 6.54 Å². The molecule has 1 rings (SSSR count). The average Bonchev–Trinajstić information content (AvgIpc) is 2.39. The van der Waals surface area contributed by atoms with E-state index >= 15 is 0 Å². The van der Waals surface area contributed by atoms with Crippen LogP contribution in [-0.2, 0) is 4.74 Å². The molecule has 0 aromatic carbocycles. The molecule has 1 atom stereocenters. The van der Waals surface area contributed by atoms with Gasteiger partial charge < -0.3 is 10.1 Å². The van der Waals surface area contributed by atoms with E-state index in [1.165, 1.54) is 0 Å². The highest BCUT2D eigenvalue weighted by Gasteiger charge is 2.23. The van der Waals surface area contributed by atoms with Gasteiger partial charge in [-0.3, -0.25) is 15.7 Å². The molecule has 1 aliphatic rings. The summed E-state index contributed by atoms with van der Waals surface area (Å²) in [5.74, 6) is 0.397. The quantitative estimate of drug-likeness (QED) is 0.608. The number of nitrogens with one attached hydrogen (secondary N) is 2. The standard InChI is InChI=1S/C11H21N3O3/c1-11(2,3)17-10(15)13-8-6-4-5-7-12-9(8)14-16/h8,16H,4-7H2,1-3H3,(H,12,14)(H,13,15)/t8-/m0/s1. The van der Waals surface area contributed by atoms with Crippen molar-refractivity contribution in [2.45, 2.75) is 51.7 Å². The van der Waals surface area contributed by atoms with Gasteiger partial charge in [-0.2, -0.15) is 0 Å². The van der Waals surface area contributed by atoms with Crippen molar-refractivity contribution in [2.24, 2.45) is 4.99 Å². The minimum Gasteiger partial charge on any atom is -0.444 e. The maximum atomic E-state index is 11.6. The number of alkyl carbamates (subject to hydrolysis) is 1. The Morgan fingerprint density at radius 3 is 2.76 bits per heavy atom. The first-order valence-corrected chi connectivity index (χ1v) is 5.86. The predicted molar refractivity (Wildman–Crippen MR) is 64.2 cm³/mol. The van der Waals surface area contributed by atoms with E-state index in [0.717, 1.165) is 19.3 Å². The highest BCUT2D eigenvalue weighted by molar-refractivity contribution is 5.89. The molecular weight excluding hydrogens is 222 g/mol. The van der Waals surface area contributed by atoms with Crippen LogP contribution in [0.3, 0.4) is 0 Å². The molecule has 0 fully saturated rings. The second-order valence-electron chi connectivity index (χ2n) is 5.07. The molecule has 0 aliphatic carbocycles. The number of amides is 1. The topological polar surface area (TPSA) is 83.0 Å². The number of aliphatic imine (C=N–C) groups is 1. The van der Waals surface area contributed by atoms with E-state index in [0.29, 0.717) is 12.4 Å². The van der Waals surface area contributed by atoms with Crippen LogP contribution in [0, 0.1) is 0 Å². The Bertz CT molecular complexity index is 297. The monoisotopic (exact) mass is 243 g/mol. The summed E-state index contributed by atoms with van der Waals surface area (Å²) >= 11 is 0. The summed E-state index contributed by atoms with van der Waals surface area (Å²) in [4.78, 5) is 15.8. The van der Waals surface area contributed by atoms with Crippen LogP contribution >= 0.6 is 0 Å². The Kier molecular flexibility index (Phi) is 4.74. The maximum Gasteiger partial charge on any atom is 0.408 e. The molecule has 1 amide bonds. The number of amidine groups is 1. The Balaban J connectivity index is 2.56. The zero-order valence-electron chi connectivity index (χ0n) is 10.6. The number of carbonyl (C=O) groups is 1. The summed E-state index contributed by atoms with van der Waals surface area (Å²) in [6.07, 6.45) is 2.16. The zero-order chi connectivity index (χ0) is 12.9. The highest BCUT2D eigenvalue weighted by atomic mass is 16.6. The van der Waals surface area contributed by atoms with Gasteiger partial charge in [0.1, 0.15) is 11.4 Å². The lowest BCUT2D eigenvalue weighted by atomic mass is 10.1. The van der Waals surface area contributed by atoms with Gasteiger partial charge in [0.2, 0.25) is 0 Å². The van der Waals surface area contributed by atoms with Crippen molar-refractivity contribution >= 4 is 11.9 Å². The van der Waals surface area contributed by atoms with Crippen molar-refractivity contribution in [3.8, 4) is 0 Å². The first-order valence-electron chi connectivity index (χ1n) is 5.86. The van der Waals surface area contributed by atoms with Crippen LogP contribution in [0.25, 0.3) is 0 Å². The second-order valence-corrected chi connectivity index (χ2v) is 5.07. The zero-order valence-corrected chi connectivity index (χ0v) is 10.6. The van der Waals surface area contributed by atoms with Crippen LogP contribution in [0.15, 0.2) is 4.99 Å². The Morgan fingerprint density at radius 1 is 1.47 bits per heavy atom. The lowest BCUT2D eigenvalue weighted by molar-refractivity contribution is 0.0513. The van der Waals surface area contributed by atoms with E-state index in [2.05, 4.69) is 10.3 Å². The molecule has 3 N–H and O–H groups in total. The van der Waals surface area contributed by atoms with Gasteiger partial charge in [-0.15, -0.1) is 0 Å². The SMILES string of the molecule is CC(C)(C)OC(=O)N[C@H]1CCCCN=C1NO. The van der Waals surface area contributed by atoms with Crippen LogP contribution < -0.4 is 10.8 Å². The fraction of sp³-hybridized carbons (Fsp3) is 0.818. The summed E-state index contributed by atoms with van der Waals surface area (Å²) in [5, 5.41) is 11.7. The van der Waals surface area contributed by atoms with Crippen LogP contribution in [0.5, 0.6) is 0 Å². The van der Waals surface area contributed by atoms with Crippen LogP contribution in [-0.4, -0.2) is 35.3 Å². The number of hydrogen-bond donors (Lipinski definition) is 3. The third kappa shape index (κ3) is 5.04. The number of hydrogen-bond acceptors (Lipinski definition) is 5. The first-order chi connectivity index (χ1) is 7.92. The van der Waals surface area contributed by atoms with Gasteiger partial charge >= 0.3 is 6.09 Å². The minimum absolute atomic E-state index is 0.308. The van der Waals surface area contributed by atoms with Gasteiger partial charge in [-0.25, -0.2) is 4.79 Å². The molecule has 0 aromatic rings. The van der Waals surface area contributed by atoms with Crippen molar-refractivity contribution in [3.05, 3.63) is 0 Å². The lowest BCUT2D eigenvalue weighted by Crippen LogP contribution is -2.47. The second kappa shape index (κ2) is 5.86. The molecule has 0 unspecified atom stereocenters. The molecule has 0 spiro atoms. The van der Waals surface area contributed by atoms with E-state index in [-0.39, 0.29) is 6.04 Å². The molecular formula is C11H21N3O3. The smallest absolute Gasteiger partial charge is 0.408 e. The molecule has 1 heterocycles. The number of hydroxylamine groups is 1. The van der Waals surface area contributed by atoms with Gasteiger partial charge in [-0.1, -0.05) is 0 Å². The number of ether oxygens (including phenoxy) is 1. The van der Waals surface area contributed by atoms with Gasteiger partial charge in [0.15, 0.2) is 0 Å². The van der Waals surface area contributed by atoms with Crippen molar-refractivity contribution < 1.29 is 14.7 Å². The average molecular weight is 243 g/mol. The fourth-order valence-corrected chi connectivity index (χ4v) is 1.61. The maximum absolute atomic E-state index is 11.6. The van der Waals surface area contributed by atoms with Crippen molar-refractivity contribution in [3.63, 3.8) is 0 Å². The van der Waals surface area contributed by atoms with Gasteiger partial charge in [0.05, 0.1) is 6.04 Å². The van der Waals surface area contributed by atoms with E-state index in [1.54, 1.807) is 20.8 Å². The van der Waals surface area contributed by atoms with Crippen LogP contribution in [0.1, 0.15) is 40.0 Å². The van der Waals surface area contributed by atoms with E-state index < -0.39 is 11.7 Å². The van der Waals surface area contributed by atoms with E-state index in [9.17, 15) is 4.79 Å². The van der Waals surface area contributed by atoms with Crippen molar-refractivity contribution in [2.75, 3.05) is 6.54 Å². The number of nitrogens with zero attached hydrogens (tertiary/aromatic N) is 1. The van der Waals surface area contributed by atoms with Gasteiger partial charge in [0.25, 0.3) is 0 Å².